The minimum atomic E-state index is -0.478. The molecule has 3 rings (SSSR count). The highest BCUT2D eigenvalue weighted by atomic mass is 16.2. The Kier molecular flexibility index (Phi) is 6.31. The summed E-state index contributed by atoms with van der Waals surface area (Å²) in [6.07, 6.45) is 2.78. The second kappa shape index (κ2) is 9.07. The highest BCUT2D eigenvalue weighted by molar-refractivity contribution is 5.95. The van der Waals surface area contributed by atoms with Crippen molar-refractivity contribution in [2.75, 3.05) is 6.54 Å². The first-order valence-electron chi connectivity index (χ1n) is 9.24. The zero-order chi connectivity index (χ0) is 19.9. The van der Waals surface area contributed by atoms with Crippen LogP contribution in [0.25, 0.3) is 0 Å². The fourth-order valence-electron chi connectivity index (χ4n) is 3.01. The summed E-state index contributed by atoms with van der Waals surface area (Å²) in [4.78, 5) is 44.4. The Labute approximate surface area is 163 Å². The first-order valence-corrected chi connectivity index (χ1v) is 9.24. The summed E-state index contributed by atoms with van der Waals surface area (Å²) < 4.78 is 0. The van der Waals surface area contributed by atoms with Crippen molar-refractivity contribution in [2.24, 2.45) is 0 Å². The van der Waals surface area contributed by atoms with E-state index in [1.807, 2.05) is 30.3 Å². The van der Waals surface area contributed by atoms with Crippen molar-refractivity contribution in [1.29, 1.82) is 0 Å². The monoisotopic (exact) mass is 381 g/mol. The van der Waals surface area contributed by atoms with Gasteiger partial charge in [-0.25, -0.2) is 9.97 Å². The van der Waals surface area contributed by atoms with Gasteiger partial charge in [-0.05, 0) is 18.9 Å². The van der Waals surface area contributed by atoms with Crippen LogP contribution in [0.5, 0.6) is 0 Å². The molecule has 1 aliphatic heterocycles. The number of carbonyl (C=O) groups excluding carboxylic acids is 3. The number of aromatic nitrogens is 2. The third kappa shape index (κ3) is 5.12. The maximum absolute atomic E-state index is 12.6. The largest absolute Gasteiger partial charge is 0.354 e. The van der Waals surface area contributed by atoms with E-state index in [9.17, 15) is 14.4 Å². The van der Waals surface area contributed by atoms with Crippen LogP contribution in [-0.2, 0) is 22.6 Å². The van der Waals surface area contributed by atoms with Gasteiger partial charge in [-0.3, -0.25) is 14.4 Å². The van der Waals surface area contributed by atoms with Gasteiger partial charge in [0, 0.05) is 32.1 Å². The van der Waals surface area contributed by atoms with Crippen LogP contribution in [0.1, 0.15) is 40.3 Å². The molecule has 0 bridgehead atoms. The van der Waals surface area contributed by atoms with Crippen LogP contribution in [-0.4, -0.2) is 40.3 Å². The second-order valence-electron chi connectivity index (χ2n) is 6.65. The molecule has 1 fully saturated rings. The minimum Gasteiger partial charge on any atom is -0.354 e. The van der Waals surface area contributed by atoms with E-state index in [4.69, 9.17) is 0 Å². The molecule has 0 radical (unpaired) electrons. The third-order valence-corrected chi connectivity index (χ3v) is 4.50. The molecule has 2 heterocycles. The lowest BCUT2D eigenvalue weighted by molar-refractivity contribution is -0.125. The molecule has 8 heteroatoms. The standard InChI is InChI=1S/C20H23N5O3/c1-13-22-12-15(19(27)23-11-14-5-3-2-4-6-14)16(24-13)9-10-21-20(28)17-7-8-18(26)25-17/h2-6,12,17H,7-11H2,1H3,(H,21,28)(H,23,27)(H,25,26)/t17-/m0/s1. The van der Waals surface area contributed by atoms with Crippen LogP contribution >= 0.6 is 0 Å². The van der Waals surface area contributed by atoms with Crippen LogP contribution in [0.2, 0.25) is 0 Å². The Morgan fingerprint density at radius 2 is 2.00 bits per heavy atom. The first-order chi connectivity index (χ1) is 13.5. The van der Waals surface area contributed by atoms with Crippen LogP contribution in [0.4, 0.5) is 0 Å². The van der Waals surface area contributed by atoms with Gasteiger partial charge in [-0.1, -0.05) is 30.3 Å². The molecule has 0 spiro atoms. The quantitative estimate of drug-likeness (QED) is 0.652. The minimum absolute atomic E-state index is 0.107. The number of nitrogens with one attached hydrogen (secondary N) is 3. The molecule has 146 valence electrons. The number of nitrogens with zero attached hydrogens (tertiary/aromatic N) is 2. The average molecular weight is 381 g/mol. The lowest BCUT2D eigenvalue weighted by Gasteiger charge is -2.12. The van der Waals surface area contributed by atoms with Gasteiger partial charge in [0.2, 0.25) is 11.8 Å². The highest BCUT2D eigenvalue weighted by Crippen LogP contribution is 2.09. The molecular formula is C20H23N5O3. The molecule has 0 aliphatic carbocycles. The zero-order valence-corrected chi connectivity index (χ0v) is 15.7. The number of aryl methyl sites for hydroxylation is 1. The predicted molar refractivity (Wildman–Crippen MR) is 102 cm³/mol. The molecule has 8 nitrogen and oxygen atoms in total. The molecule has 1 aliphatic rings. The maximum atomic E-state index is 12.6. The Balaban J connectivity index is 1.58. The van der Waals surface area contributed by atoms with E-state index in [0.29, 0.717) is 49.4 Å². The van der Waals surface area contributed by atoms with E-state index < -0.39 is 6.04 Å². The van der Waals surface area contributed by atoms with Crippen molar-refractivity contribution < 1.29 is 14.4 Å². The van der Waals surface area contributed by atoms with Crippen LogP contribution in [0.3, 0.4) is 0 Å². The number of amides is 3. The van der Waals surface area contributed by atoms with E-state index >= 15 is 0 Å². The number of hydrogen-bond donors (Lipinski definition) is 3. The van der Waals surface area contributed by atoms with Crippen LogP contribution < -0.4 is 16.0 Å². The van der Waals surface area contributed by atoms with Gasteiger partial charge in [0.05, 0.1) is 11.3 Å². The molecule has 2 aromatic rings. The summed E-state index contributed by atoms with van der Waals surface area (Å²) in [5.41, 5.74) is 1.97. The van der Waals surface area contributed by atoms with E-state index in [-0.39, 0.29) is 17.7 Å². The summed E-state index contributed by atoms with van der Waals surface area (Å²) in [5, 5.41) is 8.29. The molecule has 0 unspecified atom stereocenters. The Bertz CT molecular complexity index is 869. The molecule has 28 heavy (non-hydrogen) atoms. The average Bonchev–Trinajstić information content (AvgIpc) is 3.13. The summed E-state index contributed by atoms with van der Waals surface area (Å²) in [7, 11) is 0. The Morgan fingerprint density at radius 1 is 1.21 bits per heavy atom. The van der Waals surface area contributed by atoms with Crippen molar-refractivity contribution in [1.82, 2.24) is 25.9 Å². The van der Waals surface area contributed by atoms with E-state index in [1.54, 1.807) is 6.92 Å². The number of hydrogen-bond acceptors (Lipinski definition) is 5. The van der Waals surface area contributed by atoms with Gasteiger partial charge in [0.15, 0.2) is 0 Å². The molecule has 1 aromatic heterocycles. The summed E-state index contributed by atoms with van der Waals surface area (Å²) in [5.74, 6) is -0.0205. The summed E-state index contributed by atoms with van der Waals surface area (Å²) >= 11 is 0. The zero-order valence-electron chi connectivity index (χ0n) is 15.7. The van der Waals surface area contributed by atoms with Crippen molar-refractivity contribution >= 4 is 17.7 Å². The lowest BCUT2D eigenvalue weighted by atomic mass is 10.1. The van der Waals surface area contributed by atoms with Crippen molar-refractivity contribution in [3.63, 3.8) is 0 Å². The summed E-state index contributed by atoms with van der Waals surface area (Å²) in [6.45, 7) is 2.48. The summed E-state index contributed by atoms with van der Waals surface area (Å²) in [6, 6.07) is 9.14. The predicted octanol–water partition coefficient (Wildman–Crippen LogP) is 0.652. The van der Waals surface area contributed by atoms with Gasteiger partial charge in [0.25, 0.3) is 5.91 Å². The lowest BCUT2D eigenvalue weighted by Crippen LogP contribution is -2.42. The molecule has 3 N–H and O–H groups in total. The fraction of sp³-hybridized carbons (Fsp3) is 0.350. The van der Waals surface area contributed by atoms with Crippen LogP contribution in [0, 0.1) is 6.92 Å². The fourth-order valence-corrected chi connectivity index (χ4v) is 3.01. The van der Waals surface area contributed by atoms with Crippen molar-refractivity contribution in [2.45, 2.75) is 38.8 Å². The van der Waals surface area contributed by atoms with Gasteiger partial charge in [-0.15, -0.1) is 0 Å². The Morgan fingerprint density at radius 3 is 2.71 bits per heavy atom. The van der Waals surface area contributed by atoms with Gasteiger partial charge in [0.1, 0.15) is 11.9 Å². The van der Waals surface area contributed by atoms with Gasteiger partial charge < -0.3 is 16.0 Å². The van der Waals surface area contributed by atoms with Gasteiger partial charge >= 0.3 is 0 Å². The van der Waals surface area contributed by atoms with Crippen molar-refractivity contribution in [3.05, 3.63) is 59.2 Å². The molecule has 0 saturated carbocycles. The van der Waals surface area contributed by atoms with E-state index in [0.717, 1.165) is 5.56 Å². The number of benzene rings is 1. The SMILES string of the molecule is Cc1ncc(C(=O)NCc2ccccc2)c(CCNC(=O)[C@@H]2CCC(=O)N2)n1. The number of carbonyl (C=O) groups is 3. The highest BCUT2D eigenvalue weighted by Gasteiger charge is 2.26. The normalized spacial score (nSPS) is 15.8. The van der Waals surface area contributed by atoms with E-state index in [2.05, 4.69) is 25.9 Å². The second-order valence-corrected chi connectivity index (χ2v) is 6.65. The molecule has 1 saturated heterocycles. The number of rotatable bonds is 7. The smallest absolute Gasteiger partial charge is 0.254 e. The molecular weight excluding hydrogens is 358 g/mol. The maximum Gasteiger partial charge on any atom is 0.254 e. The van der Waals surface area contributed by atoms with E-state index in [1.165, 1.54) is 6.20 Å². The third-order valence-electron chi connectivity index (χ3n) is 4.50. The molecule has 3 amide bonds. The first kappa shape index (κ1) is 19.5. The van der Waals surface area contributed by atoms with Gasteiger partial charge in [-0.2, -0.15) is 0 Å². The van der Waals surface area contributed by atoms with Crippen LogP contribution in [0.15, 0.2) is 36.5 Å². The van der Waals surface area contributed by atoms with Crippen molar-refractivity contribution in [3.8, 4) is 0 Å². The Hall–Kier alpha value is -3.29. The molecule has 1 atom stereocenters. The molecule has 1 aromatic carbocycles. The topological polar surface area (TPSA) is 113 Å².